The largest absolute Gasteiger partial charge is 0.363 e. The Morgan fingerprint density at radius 2 is 2.16 bits per heavy atom. The highest BCUT2D eigenvalue weighted by Gasteiger charge is 2.07. The Hall–Kier alpha value is -1.88. The van der Waals surface area contributed by atoms with E-state index >= 15 is 0 Å². The third-order valence-corrected chi connectivity index (χ3v) is 3.46. The lowest BCUT2D eigenvalue weighted by Crippen LogP contribution is -2.08. The summed E-state index contributed by atoms with van der Waals surface area (Å²) in [4.78, 5) is 4.50. The SMILES string of the molecule is CC(Nc1ccn2nccc2n1)c1cccc(Br)c1. The van der Waals surface area contributed by atoms with Crippen LogP contribution in [-0.2, 0) is 0 Å². The van der Waals surface area contributed by atoms with E-state index in [-0.39, 0.29) is 6.04 Å². The lowest BCUT2D eigenvalue weighted by molar-refractivity contribution is 0.866. The quantitative estimate of drug-likeness (QED) is 0.801. The van der Waals surface area contributed by atoms with E-state index in [1.54, 1.807) is 10.7 Å². The summed E-state index contributed by atoms with van der Waals surface area (Å²) in [6.45, 7) is 2.12. The van der Waals surface area contributed by atoms with Gasteiger partial charge in [0, 0.05) is 22.8 Å². The number of nitrogens with one attached hydrogen (secondary N) is 1. The minimum atomic E-state index is 0.190. The molecule has 0 aliphatic rings. The van der Waals surface area contributed by atoms with Crippen molar-refractivity contribution < 1.29 is 0 Å². The van der Waals surface area contributed by atoms with E-state index < -0.39 is 0 Å². The molecule has 0 amide bonds. The van der Waals surface area contributed by atoms with Crippen molar-refractivity contribution in [2.24, 2.45) is 0 Å². The van der Waals surface area contributed by atoms with Crippen molar-refractivity contribution in [3.63, 3.8) is 0 Å². The first-order chi connectivity index (χ1) is 9.22. The summed E-state index contributed by atoms with van der Waals surface area (Å²) < 4.78 is 2.83. The average Bonchev–Trinajstić information content (AvgIpc) is 2.86. The number of fused-ring (bicyclic) bond motifs is 1. The van der Waals surface area contributed by atoms with Crippen molar-refractivity contribution in [1.29, 1.82) is 0 Å². The van der Waals surface area contributed by atoms with Gasteiger partial charge in [-0.3, -0.25) is 0 Å². The average molecular weight is 317 g/mol. The molecule has 0 aliphatic carbocycles. The first kappa shape index (κ1) is 12.2. The van der Waals surface area contributed by atoms with Gasteiger partial charge in [-0.15, -0.1) is 0 Å². The second-order valence-corrected chi connectivity index (χ2v) is 5.28. The molecule has 0 aliphatic heterocycles. The molecule has 1 aromatic carbocycles. The summed E-state index contributed by atoms with van der Waals surface area (Å²) in [5.41, 5.74) is 2.05. The molecule has 0 radical (unpaired) electrons. The zero-order chi connectivity index (χ0) is 13.2. The van der Waals surface area contributed by atoms with Crippen LogP contribution in [-0.4, -0.2) is 14.6 Å². The zero-order valence-corrected chi connectivity index (χ0v) is 12.0. The molecule has 2 heterocycles. The summed E-state index contributed by atoms with van der Waals surface area (Å²) in [5, 5.41) is 7.52. The fourth-order valence-corrected chi connectivity index (χ4v) is 2.39. The highest BCUT2D eigenvalue weighted by molar-refractivity contribution is 9.10. The molecular formula is C14H13BrN4. The molecule has 1 atom stereocenters. The third-order valence-electron chi connectivity index (χ3n) is 2.97. The number of halogens is 1. The molecular weight excluding hydrogens is 304 g/mol. The fourth-order valence-electron chi connectivity index (χ4n) is 1.97. The smallest absolute Gasteiger partial charge is 0.157 e. The highest BCUT2D eigenvalue weighted by Crippen LogP contribution is 2.21. The number of rotatable bonds is 3. The van der Waals surface area contributed by atoms with Crippen molar-refractivity contribution in [3.05, 3.63) is 58.8 Å². The Morgan fingerprint density at radius 3 is 3.00 bits per heavy atom. The third kappa shape index (κ3) is 2.61. The van der Waals surface area contributed by atoms with Gasteiger partial charge in [0.15, 0.2) is 5.65 Å². The Bertz CT molecular complexity index is 707. The van der Waals surface area contributed by atoms with Gasteiger partial charge >= 0.3 is 0 Å². The highest BCUT2D eigenvalue weighted by atomic mass is 79.9. The van der Waals surface area contributed by atoms with E-state index in [0.717, 1.165) is 15.9 Å². The number of hydrogen-bond acceptors (Lipinski definition) is 3. The van der Waals surface area contributed by atoms with Gasteiger partial charge in [-0.1, -0.05) is 28.1 Å². The van der Waals surface area contributed by atoms with Crippen LogP contribution in [0.2, 0.25) is 0 Å². The molecule has 0 saturated carbocycles. The molecule has 0 fully saturated rings. The van der Waals surface area contributed by atoms with E-state index in [9.17, 15) is 0 Å². The normalized spacial score (nSPS) is 12.5. The van der Waals surface area contributed by atoms with Gasteiger partial charge < -0.3 is 5.32 Å². The van der Waals surface area contributed by atoms with Crippen molar-refractivity contribution in [2.75, 3.05) is 5.32 Å². The minimum Gasteiger partial charge on any atom is -0.363 e. The first-order valence-corrected chi connectivity index (χ1v) is 6.84. The van der Waals surface area contributed by atoms with Gasteiger partial charge in [0.1, 0.15) is 5.82 Å². The van der Waals surface area contributed by atoms with Crippen LogP contribution in [0.15, 0.2) is 53.3 Å². The van der Waals surface area contributed by atoms with E-state index in [4.69, 9.17) is 0 Å². The van der Waals surface area contributed by atoms with Crippen LogP contribution in [0.4, 0.5) is 5.82 Å². The van der Waals surface area contributed by atoms with Gasteiger partial charge in [0.25, 0.3) is 0 Å². The second kappa shape index (κ2) is 5.01. The predicted molar refractivity (Wildman–Crippen MR) is 79.2 cm³/mol. The van der Waals surface area contributed by atoms with Gasteiger partial charge in [-0.25, -0.2) is 9.50 Å². The first-order valence-electron chi connectivity index (χ1n) is 6.05. The lowest BCUT2D eigenvalue weighted by atomic mass is 10.1. The van der Waals surface area contributed by atoms with Gasteiger partial charge in [-0.05, 0) is 30.7 Å². The molecule has 0 bridgehead atoms. The Morgan fingerprint density at radius 1 is 1.26 bits per heavy atom. The number of anilines is 1. The fraction of sp³-hybridized carbons (Fsp3) is 0.143. The predicted octanol–water partition coefficient (Wildman–Crippen LogP) is 3.66. The van der Waals surface area contributed by atoms with Crippen molar-refractivity contribution in [2.45, 2.75) is 13.0 Å². The van der Waals surface area contributed by atoms with Crippen molar-refractivity contribution >= 4 is 27.4 Å². The molecule has 5 heteroatoms. The van der Waals surface area contributed by atoms with Crippen LogP contribution in [0.1, 0.15) is 18.5 Å². The second-order valence-electron chi connectivity index (χ2n) is 4.37. The van der Waals surface area contributed by atoms with Crippen LogP contribution >= 0.6 is 15.9 Å². The maximum Gasteiger partial charge on any atom is 0.157 e. The maximum atomic E-state index is 4.50. The molecule has 1 unspecified atom stereocenters. The van der Waals surface area contributed by atoms with Crippen LogP contribution < -0.4 is 5.32 Å². The molecule has 0 spiro atoms. The van der Waals surface area contributed by atoms with Crippen molar-refractivity contribution in [1.82, 2.24) is 14.6 Å². The summed E-state index contributed by atoms with van der Waals surface area (Å²) in [6.07, 6.45) is 3.64. The summed E-state index contributed by atoms with van der Waals surface area (Å²) in [6, 6.07) is 12.3. The molecule has 4 nitrogen and oxygen atoms in total. The summed E-state index contributed by atoms with van der Waals surface area (Å²) in [5.74, 6) is 0.848. The van der Waals surface area contributed by atoms with E-state index in [1.807, 2.05) is 30.5 Å². The Kier molecular flexibility index (Phi) is 3.21. The van der Waals surface area contributed by atoms with Crippen LogP contribution in [0.3, 0.4) is 0 Å². The standard InChI is InChI=1S/C14H13BrN4/c1-10(11-3-2-4-12(15)9-11)17-13-6-8-19-14(18-13)5-7-16-19/h2-10H,1H3,(H,17,18). The molecule has 0 saturated heterocycles. The van der Waals surface area contributed by atoms with Crippen molar-refractivity contribution in [3.8, 4) is 0 Å². The van der Waals surface area contributed by atoms with Crippen LogP contribution in [0, 0.1) is 0 Å². The van der Waals surface area contributed by atoms with Gasteiger partial charge in [0.2, 0.25) is 0 Å². The summed E-state index contributed by atoms with van der Waals surface area (Å²) in [7, 11) is 0. The van der Waals surface area contributed by atoms with E-state index in [1.165, 1.54) is 5.56 Å². The van der Waals surface area contributed by atoms with Gasteiger partial charge in [-0.2, -0.15) is 5.10 Å². The van der Waals surface area contributed by atoms with E-state index in [2.05, 4.69) is 50.4 Å². The maximum absolute atomic E-state index is 4.50. The van der Waals surface area contributed by atoms with Crippen LogP contribution in [0.25, 0.3) is 5.65 Å². The molecule has 1 N–H and O–H groups in total. The number of benzene rings is 1. The zero-order valence-electron chi connectivity index (χ0n) is 10.4. The summed E-state index contributed by atoms with van der Waals surface area (Å²) >= 11 is 3.49. The topological polar surface area (TPSA) is 42.2 Å². The molecule has 3 aromatic rings. The molecule has 2 aromatic heterocycles. The molecule has 3 rings (SSSR count). The monoisotopic (exact) mass is 316 g/mol. The number of hydrogen-bond donors (Lipinski definition) is 1. The number of nitrogens with zero attached hydrogens (tertiary/aromatic N) is 3. The lowest BCUT2D eigenvalue weighted by Gasteiger charge is -2.15. The molecule has 19 heavy (non-hydrogen) atoms. The number of aromatic nitrogens is 3. The Labute approximate surface area is 119 Å². The minimum absolute atomic E-state index is 0.190. The molecule has 96 valence electrons. The van der Waals surface area contributed by atoms with Gasteiger partial charge in [0.05, 0.1) is 6.20 Å². The van der Waals surface area contributed by atoms with Crippen LogP contribution in [0.5, 0.6) is 0 Å². The van der Waals surface area contributed by atoms with E-state index in [0.29, 0.717) is 0 Å². The Balaban J connectivity index is 1.83.